The molecule has 1 aromatic heterocycles. The number of nitrogens with zero attached hydrogens (tertiary/aromatic N) is 1. The summed E-state index contributed by atoms with van der Waals surface area (Å²) in [5.41, 5.74) is 2.12. The van der Waals surface area contributed by atoms with E-state index < -0.39 is 0 Å². The highest BCUT2D eigenvalue weighted by Crippen LogP contribution is 2.24. The summed E-state index contributed by atoms with van der Waals surface area (Å²) in [6, 6.07) is 11.9. The molecule has 0 saturated carbocycles. The molecule has 0 aliphatic rings. The maximum atomic E-state index is 5.75. The molecular weight excluding hydrogens is 328 g/mol. The maximum absolute atomic E-state index is 5.75. The second-order valence-corrected chi connectivity index (χ2v) is 6.26. The van der Waals surface area contributed by atoms with Crippen molar-refractivity contribution in [3.05, 3.63) is 58.3 Å². The summed E-state index contributed by atoms with van der Waals surface area (Å²) in [6.07, 6.45) is 1.91. The number of nitrogens with one attached hydrogen (secondary N) is 1. The van der Waals surface area contributed by atoms with Crippen LogP contribution in [0.1, 0.15) is 25.1 Å². The molecule has 0 fully saturated rings. The van der Waals surface area contributed by atoms with Crippen molar-refractivity contribution in [1.29, 1.82) is 0 Å². The minimum atomic E-state index is 0.475. The molecule has 21 heavy (non-hydrogen) atoms. The lowest BCUT2D eigenvalue weighted by atomic mass is 10.2. The zero-order valence-corrected chi connectivity index (χ0v) is 14.1. The standard InChI is InChI=1S/C17H21BrN2O/c1-13(2)9-19-10-14-7-8-15(20-11-14)12-21-17-6-4-3-5-16(17)18/h3-8,11,13,19H,9-10,12H2,1-2H3. The molecule has 112 valence electrons. The fourth-order valence-electron chi connectivity index (χ4n) is 1.86. The molecule has 0 aliphatic carbocycles. The Kier molecular flexibility index (Phi) is 6.21. The minimum Gasteiger partial charge on any atom is -0.486 e. The van der Waals surface area contributed by atoms with Gasteiger partial charge in [-0.15, -0.1) is 0 Å². The number of aromatic nitrogens is 1. The average molecular weight is 349 g/mol. The lowest BCUT2D eigenvalue weighted by Crippen LogP contribution is -2.19. The van der Waals surface area contributed by atoms with Gasteiger partial charge < -0.3 is 10.1 Å². The predicted molar refractivity (Wildman–Crippen MR) is 89.3 cm³/mol. The molecule has 0 bridgehead atoms. The Morgan fingerprint density at radius 1 is 1.19 bits per heavy atom. The minimum absolute atomic E-state index is 0.475. The van der Waals surface area contributed by atoms with E-state index >= 15 is 0 Å². The van der Waals surface area contributed by atoms with Gasteiger partial charge in [-0.2, -0.15) is 0 Å². The molecule has 4 heteroatoms. The smallest absolute Gasteiger partial charge is 0.134 e. The van der Waals surface area contributed by atoms with Gasteiger partial charge in [0.25, 0.3) is 0 Å². The molecule has 3 nitrogen and oxygen atoms in total. The van der Waals surface area contributed by atoms with E-state index in [4.69, 9.17) is 4.74 Å². The first kappa shape index (κ1) is 16.0. The Morgan fingerprint density at radius 3 is 2.67 bits per heavy atom. The third-order valence-electron chi connectivity index (χ3n) is 2.98. The van der Waals surface area contributed by atoms with Gasteiger partial charge in [0.2, 0.25) is 0 Å². The highest BCUT2D eigenvalue weighted by molar-refractivity contribution is 9.10. The summed E-state index contributed by atoms with van der Waals surface area (Å²) in [5.74, 6) is 1.50. The Balaban J connectivity index is 1.84. The van der Waals surface area contributed by atoms with Crippen LogP contribution in [0.3, 0.4) is 0 Å². The van der Waals surface area contributed by atoms with Gasteiger partial charge in [-0.3, -0.25) is 4.98 Å². The molecule has 0 radical (unpaired) electrons. The van der Waals surface area contributed by atoms with Crippen molar-refractivity contribution in [3.63, 3.8) is 0 Å². The van der Waals surface area contributed by atoms with E-state index in [9.17, 15) is 0 Å². The van der Waals surface area contributed by atoms with Crippen LogP contribution in [-0.2, 0) is 13.2 Å². The molecule has 1 heterocycles. The zero-order chi connectivity index (χ0) is 15.1. The Morgan fingerprint density at radius 2 is 2.00 bits per heavy atom. The lowest BCUT2D eigenvalue weighted by Gasteiger charge is -2.09. The van der Waals surface area contributed by atoms with E-state index in [1.165, 1.54) is 5.56 Å². The van der Waals surface area contributed by atoms with Crippen LogP contribution in [-0.4, -0.2) is 11.5 Å². The highest BCUT2D eigenvalue weighted by atomic mass is 79.9. The first-order valence-corrected chi connectivity index (χ1v) is 7.96. The SMILES string of the molecule is CC(C)CNCc1ccc(COc2ccccc2Br)nc1. The van der Waals surface area contributed by atoms with Crippen LogP contribution in [0.25, 0.3) is 0 Å². The van der Waals surface area contributed by atoms with E-state index in [2.05, 4.69) is 46.1 Å². The van der Waals surface area contributed by atoms with Crippen molar-refractivity contribution in [2.75, 3.05) is 6.54 Å². The van der Waals surface area contributed by atoms with Gasteiger partial charge in [-0.1, -0.05) is 32.0 Å². The predicted octanol–water partition coefficient (Wildman–Crippen LogP) is 4.17. The largest absolute Gasteiger partial charge is 0.486 e. The number of hydrogen-bond acceptors (Lipinski definition) is 3. The lowest BCUT2D eigenvalue weighted by molar-refractivity contribution is 0.299. The maximum Gasteiger partial charge on any atom is 0.134 e. The Bertz CT molecular complexity index is 555. The highest BCUT2D eigenvalue weighted by Gasteiger charge is 2.02. The van der Waals surface area contributed by atoms with Gasteiger partial charge in [-0.05, 0) is 52.2 Å². The molecular formula is C17H21BrN2O. The van der Waals surface area contributed by atoms with Crippen LogP contribution in [0.2, 0.25) is 0 Å². The van der Waals surface area contributed by atoms with Crippen molar-refractivity contribution in [3.8, 4) is 5.75 Å². The normalized spacial score (nSPS) is 10.9. The monoisotopic (exact) mass is 348 g/mol. The zero-order valence-electron chi connectivity index (χ0n) is 12.5. The van der Waals surface area contributed by atoms with Crippen molar-refractivity contribution >= 4 is 15.9 Å². The molecule has 0 saturated heterocycles. The van der Waals surface area contributed by atoms with Gasteiger partial charge >= 0.3 is 0 Å². The molecule has 1 N–H and O–H groups in total. The number of pyridine rings is 1. The Labute approximate surface area is 134 Å². The molecule has 0 amide bonds. The fourth-order valence-corrected chi connectivity index (χ4v) is 2.26. The topological polar surface area (TPSA) is 34.1 Å². The first-order chi connectivity index (χ1) is 10.1. The third-order valence-corrected chi connectivity index (χ3v) is 3.64. The Hall–Kier alpha value is -1.39. The first-order valence-electron chi connectivity index (χ1n) is 7.17. The summed E-state index contributed by atoms with van der Waals surface area (Å²) in [7, 11) is 0. The molecule has 0 unspecified atom stereocenters. The summed E-state index contributed by atoms with van der Waals surface area (Å²) in [5, 5.41) is 3.41. The molecule has 2 aromatic rings. The van der Waals surface area contributed by atoms with E-state index in [1.54, 1.807) is 0 Å². The fraction of sp³-hybridized carbons (Fsp3) is 0.353. The summed E-state index contributed by atoms with van der Waals surface area (Å²) in [6.45, 7) is 6.76. The number of benzene rings is 1. The third kappa shape index (κ3) is 5.48. The van der Waals surface area contributed by atoms with Crippen molar-refractivity contribution < 1.29 is 4.74 Å². The van der Waals surface area contributed by atoms with Crippen LogP contribution in [0, 0.1) is 5.92 Å². The quantitative estimate of drug-likeness (QED) is 0.815. The van der Waals surface area contributed by atoms with Gasteiger partial charge in [0.1, 0.15) is 12.4 Å². The van der Waals surface area contributed by atoms with Gasteiger partial charge in [0.15, 0.2) is 0 Å². The molecule has 0 spiro atoms. The van der Waals surface area contributed by atoms with Crippen LogP contribution in [0.5, 0.6) is 5.75 Å². The van der Waals surface area contributed by atoms with Crippen molar-refractivity contribution in [2.45, 2.75) is 27.0 Å². The van der Waals surface area contributed by atoms with Gasteiger partial charge in [0, 0.05) is 12.7 Å². The van der Waals surface area contributed by atoms with Crippen LogP contribution in [0.15, 0.2) is 47.1 Å². The van der Waals surface area contributed by atoms with Crippen molar-refractivity contribution in [1.82, 2.24) is 10.3 Å². The van der Waals surface area contributed by atoms with Crippen LogP contribution < -0.4 is 10.1 Å². The van der Waals surface area contributed by atoms with E-state index in [0.717, 1.165) is 29.0 Å². The summed E-state index contributed by atoms with van der Waals surface area (Å²) >= 11 is 3.47. The van der Waals surface area contributed by atoms with Gasteiger partial charge in [-0.25, -0.2) is 0 Å². The summed E-state index contributed by atoms with van der Waals surface area (Å²) in [4.78, 5) is 4.44. The van der Waals surface area contributed by atoms with E-state index in [-0.39, 0.29) is 0 Å². The number of rotatable bonds is 7. The second-order valence-electron chi connectivity index (χ2n) is 5.40. The number of halogens is 1. The molecule has 2 rings (SSSR count). The van der Waals surface area contributed by atoms with Crippen LogP contribution in [0.4, 0.5) is 0 Å². The number of ether oxygens (including phenoxy) is 1. The van der Waals surface area contributed by atoms with E-state index in [1.807, 2.05) is 36.5 Å². The number of hydrogen-bond donors (Lipinski definition) is 1. The second kappa shape index (κ2) is 8.15. The number of para-hydroxylation sites is 1. The molecule has 1 aromatic carbocycles. The average Bonchev–Trinajstić information content (AvgIpc) is 2.47. The van der Waals surface area contributed by atoms with Crippen molar-refractivity contribution in [2.24, 2.45) is 5.92 Å². The summed E-state index contributed by atoms with van der Waals surface area (Å²) < 4.78 is 6.71. The van der Waals surface area contributed by atoms with E-state index in [0.29, 0.717) is 12.5 Å². The molecule has 0 atom stereocenters. The molecule has 0 aliphatic heterocycles. The van der Waals surface area contributed by atoms with Crippen LogP contribution >= 0.6 is 15.9 Å². The van der Waals surface area contributed by atoms with Gasteiger partial charge in [0.05, 0.1) is 10.2 Å².